The highest BCUT2D eigenvalue weighted by Crippen LogP contribution is 2.36. The van der Waals surface area contributed by atoms with Crippen molar-refractivity contribution in [3.63, 3.8) is 0 Å². The first-order valence-electron chi connectivity index (χ1n) is 6.69. The van der Waals surface area contributed by atoms with E-state index in [1.54, 1.807) is 0 Å². The van der Waals surface area contributed by atoms with E-state index in [1.807, 2.05) is 7.05 Å². The second-order valence-corrected chi connectivity index (χ2v) is 5.84. The Morgan fingerprint density at radius 1 is 1.25 bits per heavy atom. The highest BCUT2D eigenvalue weighted by molar-refractivity contribution is 4.85. The van der Waals surface area contributed by atoms with Gasteiger partial charge in [-0.15, -0.1) is 0 Å². The minimum absolute atomic E-state index is 0.545. The van der Waals surface area contributed by atoms with E-state index in [1.165, 1.54) is 32.2 Å². The average molecular weight is 226 g/mol. The Kier molecular flexibility index (Phi) is 4.22. The maximum absolute atomic E-state index is 5.51. The predicted octanol–water partition coefficient (Wildman–Crippen LogP) is 1.39. The standard InChI is InChI=1S/C13H26N2O/c1-13(5-3-4-6-13)10-15-7-11-8-16-9-12(11)14-2/h11-12,14-15H,3-10H2,1-2H3. The van der Waals surface area contributed by atoms with E-state index in [9.17, 15) is 0 Å². The van der Waals surface area contributed by atoms with Crippen molar-refractivity contribution in [2.24, 2.45) is 11.3 Å². The Hall–Kier alpha value is -0.120. The summed E-state index contributed by atoms with van der Waals surface area (Å²) in [5.74, 6) is 0.648. The van der Waals surface area contributed by atoms with E-state index in [4.69, 9.17) is 4.74 Å². The van der Waals surface area contributed by atoms with Crippen LogP contribution in [-0.2, 0) is 4.74 Å². The molecule has 1 heterocycles. The number of likely N-dealkylation sites (N-methyl/N-ethyl adjacent to an activating group) is 1. The molecule has 2 atom stereocenters. The number of hydrogen-bond donors (Lipinski definition) is 2. The molecule has 0 aromatic heterocycles. The molecule has 2 aliphatic rings. The second kappa shape index (κ2) is 5.48. The molecule has 16 heavy (non-hydrogen) atoms. The average Bonchev–Trinajstić information content (AvgIpc) is 2.88. The number of ether oxygens (including phenoxy) is 1. The molecular weight excluding hydrogens is 200 g/mol. The van der Waals surface area contributed by atoms with Crippen LogP contribution in [-0.4, -0.2) is 39.4 Å². The minimum Gasteiger partial charge on any atom is -0.379 e. The summed E-state index contributed by atoms with van der Waals surface area (Å²) in [5, 5.41) is 6.99. The van der Waals surface area contributed by atoms with Crippen molar-refractivity contribution in [3.8, 4) is 0 Å². The number of rotatable bonds is 5. The van der Waals surface area contributed by atoms with Crippen molar-refractivity contribution in [1.29, 1.82) is 0 Å². The van der Waals surface area contributed by atoms with Gasteiger partial charge in [0, 0.05) is 25.0 Å². The van der Waals surface area contributed by atoms with E-state index in [0.29, 0.717) is 17.4 Å². The van der Waals surface area contributed by atoms with Crippen LogP contribution in [0.4, 0.5) is 0 Å². The molecule has 0 radical (unpaired) electrons. The topological polar surface area (TPSA) is 33.3 Å². The van der Waals surface area contributed by atoms with E-state index in [0.717, 1.165) is 19.8 Å². The van der Waals surface area contributed by atoms with Gasteiger partial charge in [0.05, 0.1) is 13.2 Å². The van der Waals surface area contributed by atoms with Crippen molar-refractivity contribution in [2.45, 2.75) is 38.6 Å². The Balaban J connectivity index is 1.67. The Labute approximate surface area is 99.3 Å². The van der Waals surface area contributed by atoms with Crippen molar-refractivity contribution >= 4 is 0 Å². The lowest BCUT2D eigenvalue weighted by Gasteiger charge is -2.25. The largest absolute Gasteiger partial charge is 0.379 e. The summed E-state index contributed by atoms with van der Waals surface area (Å²) in [6, 6.07) is 0.545. The lowest BCUT2D eigenvalue weighted by molar-refractivity contribution is 0.181. The summed E-state index contributed by atoms with van der Waals surface area (Å²) in [5.41, 5.74) is 0.564. The monoisotopic (exact) mass is 226 g/mol. The summed E-state index contributed by atoms with van der Waals surface area (Å²) in [4.78, 5) is 0. The number of hydrogen-bond acceptors (Lipinski definition) is 3. The van der Waals surface area contributed by atoms with Gasteiger partial charge in [-0.2, -0.15) is 0 Å². The molecule has 1 aliphatic heterocycles. The fourth-order valence-electron chi connectivity index (χ4n) is 3.08. The van der Waals surface area contributed by atoms with Crippen molar-refractivity contribution in [2.75, 3.05) is 33.4 Å². The molecule has 1 saturated carbocycles. The summed E-state index contributed by atoms with van der Waals surface area (Å²) < 4.78 is 5.51. The summed E-state index contributed by atoms with van der Waals surface area (Å²) in [6.07, 6.45) is 5.64. The van der Waals surface area contributed by atoms with Crippen LogP contribution < -0.4 is 10.6 Å². The maximum atomic E-state index is 5.51. The van der Waals surface area contributed by atoms with Gasteiger partial charge in [-0.1, -0.05) is 19.8 Å². The molecule has 2 fully saturated rings. The Morgan fingerprint density at radius 2 is 2.00 bits per heavy atom. The highest BCUT2D eigenvalue weighted by Gasteiger charge is 2.30. The zero-order chi connectivity index (χ0) is 11.4. The van der Waals surface area contributed by atoms with Crippen LogP contribution >= 0.6 is 0 Å². The molecule has 2 unspecified atom stereocenters. The van der Waals surface area contributed by atoms with E-state index >= 15 is 0 Å². The second-order valence-electron chi connectivity index (χ2n) is 5.84. The predicted molar refractivity (Wildman–Crippen MR) is 66.6 cm³/mol. The molecular formula is C13H26N2O. The van der Waals surface area contributed by atoms with Crippen LogP contribution in [0.3, 0.4) is 0 Å². The zero-order valence-corrected chi connectivity index (χ0v) is 10.7. The van der Waals surface area contributed by atoms with Crippen molar-refractivity contribution in [3.05, 3.63) is 0 Å². The molecule has 2 N–H and O–H groups in total. The zero-order valence-electron chi connectivity index (χ0n) is 10.7. The van der Waals surface area contributed by atoms with Crippen LogP contribution in [0.25, 0.3) is 0 Å². The number of nitrogens with one attached hydrogen (secondary N) is 2. The molecule has 0 bridgehead atoms. The van der Waals surface area contributed by atoms with Crippen LogP contribution in [0.2, 0.25) is 0 Å². The normalized spacial score (nSPS) is 33.4. The first-order valence-corrected chi connectivity index (χ1v) is 6.69. The third-order valence-corrected chi connectivity index (χ3v) is 4.34. The fourth-order valence-corrected chi connectivity index (χ4v) is 3.08. The van der Waals surface area contributed by atoms with Crippen LogP contribution in [0.5, 0.6) is 0 Å². The van der Waals surface area contributed by atoms with Gasteiger partial charge in [-0.05, 0) is 25.3 Å². The van der Waals surface area contributed by atoms with Gasteiger partial charge >= 0.3 is 0 Å². The molecule has 3 heteroatoms. The van der Waals surface area contributed by atoms with Gasteiger partial charge in [0.15, 0.2) is 0 Å². The lowest BCUT2D eigenvalue weighted by atomic mass is 9.88. The Bertz CT molecular complexity index is 214. The molecule has 1 saturated heterocycles. The third kappa shape index (κ3) is 2.96. The van der Waals surface area contributed by atoms with Crippen LogP contribution in [0.1, 0.15) is 32.6 Å². The third-order valence-electron chi connectivity index (χ3n) is 4.34. The summed E-state index contributed by atoms with van der Waals surface area (Å²) >= 11 is 0. The summed E-state index contributed by atoms with van der Waals surface area (Å²) in [7, 11) is 2.03. The van der Waals surface area contributed by atoms with E-state index < -0.39 is 0 Å². The van der Waals surface area contributed by atoms with Crippen molar-refractivity contribution < 1.29 is 4.74 Å². The van der Waals surface area contributed by atoms with Gasteiger partial charge in [-0.25, -0.2) is 0 Å². The lowest BCUT2D eigenvalue weighted by Crippen LogP contribution is -2.40. The SMILES string of the molecule is CNC1COCC1CNCC1(C)CCCC1. The molecule has 0 spiro atoms. The quantitative estimate of drug-likeness (QED) is 0.743. The van der Waals surface area contributed by atoms with Crippen molar-refractivity contribution in [1.82, 2.24) is 10.6 Å². The molecule has 0 aromatic rings. The van der Waals surface area contributed by atoms with Gasteiger partial charge in [-0.3, -0.25) is 0 Å². The smallest absolute Gasteiger partial charge is 0.0623 e. The fraction of sp³-hybridized carbons (Fsp3) is 1.00. The minimum atomic E-state index is 0.545. The molecule has 0 amide bonds. The van der Waals surface area contributed by atoms with Gasteiger partial charge < -0.3 is 15.4 Å². The molecule has 2 rings (SSSR count). The van der Waals surface area contributed by atoms with Crippen LogP contribution in [0.15, 0.2) is 0 Å². The molecule has 3 nitrogen and oxygen atoms in total. The molecule has 1 aliphatic carbocycles. The van der Waals surface area contributed by atoms with E-state index in [-0.39, 0.29) is 0 Å². The molecule has 0 aromatic carbocycles. The Morgan fingerprint density at radius 3 is 2.69 bits per heavy atom. The maximum Gasteiger partial charge on any atom is 0.0623 e. The summed E-state index contributed by atoms with van der Waals surface area (Å²) in [6.45, 7) is 6.49. The van der Waals surface area contributed by atoms with Gasteiger partial charge in [0.1, 0.15) is 0 Å². The van der Waals surface area contributed by atoms with E-state index in [2.05, 4.69) is 17.6 Å². The highest BCUT2D eigenvalue weighted by atomic mass is 16.5. The first kappa shape index (κ1) is 12.3. The first-order chi connectivity index (χ1) is 7.73. The van der Waals surface area contributed by atoms with Gasteiger partial charge in [0.2, 0.25) is 0 Å². The van der Waals surface area contributed by atoms with Crippen LogP contribution in [0, 0.1) is 11.3 Å². The van der Waals surface area contributed by atoms with Gasteiger partial charge in [0.25, 0.3) is 0 Å². The molecule has 94 valence electrons.